The van der Waals surface area contributed by atoms with Gasteiger partial charge in [-0.15, -0.1) is 0 Å². The molecule has 2 saturated heterocycles. The number of aliphatic imine (C=N–C) groups is 1. The van der Waals surface area contributed by atoms with Crippen LogP contribution in [0.3, 0.4) is 0 Å². The quantitative estimate of drug-likeness (QED) is 0.611. The lowest BCUT2D eigenvalue weighted by Crippen LogP contribution is -2.41. The first-order valence-corrected chi connectivity index (χ1v) is 10.8. The summed E-state index contributed by atoms with van der Waals surface area (Å²) in [5.74, 6) is 0.540. The number of hydrogen-bond donors (Lipinski definition) is 1. The number of ether oxygens (including phenoxy) is 1. The van der Waals surface area contributed by atoms with Crippen LogP contribution >= 0.6 is 0 Å². The monoisotopic (exact) mass is 380 g/mol. The third-order valence-corrected chi connectivity index (χ3v) is 6.74. The lowest BCUT2D eigenvalue weighted by molar-refractivity contribution is 0.0729. The summed E-state index contributed by atoms with van der Waals surface area (Å²) in [6.07, 6.45) is 3.53. The normalized spacial score (nSPS) is 20.3. The number of guanidine groups is 1. The maximum Gasteiger partial charge on any atom is 0.218 e. The molecular formula is C18H28N4O3S. The highest BCUT2D eigenvalue weighted by molar-refractivity contribution is 7.88. The summed E-state index contributed by atoms with van der Waals surface area (Å²) in [5.41, 5.74) is 7.82. The molecule has 0 unspecified atom stereocenters. The minimum Gasteiger partial charge on any atom is -0.379 e. The first-order valence-electron chi connectivity index (χ1n) is 9.23. The van der Waals surface area contributed by atoms with E-state index in [1.807, 2.05) is 24.3 Å². The van der Waals surface area contributed by atoms with Crippen molar-refractivity contribution in [1.29, 1.82) is 0 Å². The minimum absolute atomic E-state index is 0.0116. The Kier molecular flexibility index (Phi) is 6.50. The Hall–Kier alpha value is -1.64. The third-order valence-electron chi connectivity index (χ3n) is 4.91. The molecule has 0 bridgehead atoms. The Morgan fingerprint density at radius 2 is 1.69 bits per heavy atom. The number of hydrogen-bond acceptors (Lipinski definition) is 4. The van der Waals surface area contributed by atoms with Crippen molar-refractivity contribution in [3.8, 4) is 0 Å². The smallest absolute Gasteiger partial charge is 0.218 e. The zero-order chi connectivity index (χ0) is 18.4. The number of nitrogens with zero attached hydrogens (tertiary/aromatic N) is 3. The van der Waals surface area contributed by atoms with Crippen molar-refractivity contribution in [3.05, 3.63) is 35.4 Å². The van der Waals surface area contributed by atoms with E-state index in [0.29, 0.717) is 38.8 Å². The number of benzene rings is 1. The summed E-state index contributed by atoms with van der Waals surface area (Å²) in [4.78, 5) is 6.62. The van der Waals surface area contributed by atoms with Crippen molar-refractivity contribution in [2.75, 3.05) is 39.4 Å². The molecule has 8 heteroatoms. The van der Waals surface area contributed by atoms with Gasteiger partial charge in [0, 0.05) is 26.2 Å². The molecule has 0 aromatic heterocycles. The van der Waals surface area contributed by atoms with E-state index in [1.165, 1.54) is 10.7 Å². The summed E-state index contributed by atoms with van der Waals surface area (Å²) in [7, 11) is -3.35. The molecule has 0 amide bonds. The van der Waals surface area contributed by atoms with Crippen LogP contribution in [0.15, 0.2) is 29.3 Å². The van der Waals surface area contributed by atoms with E-state index in [9.17, 15) is 8.42 Å². The van der Waals surface area contributed by atoms with Gasteiger partial charge >= 0.3 is 0 Å². The van der Waals surface area contributed by atoms with Gasteiger partial charge in [0.05, 0.1) is 25.5 Å². The van der Waals surface area contributed by atoms with E-state index >= 15 is 0 Å². The number of piperidine rings is 1. The maximum atomic E-state index is 12.7. The van der Waals surface area contributed by atoms with E-state index in [-0.39, 0.29) is 5.75 Å². The Bertz CT molecular complexity index is 724. The van der Waals surface area contributed by atoms with Crippen LogP contribution in [0, 0.1) is 0 Å². The lowest BCUT2D eigenvalue weighted by Gasteiger charge is -2.27. The van der Waals surface area contributed by atoms with Gasteiger partial charge in [-0.25, -0.2) is 13.4 Å². The van der Waals surface area contributed by atoms with Gasteiger partial charge in [-0.2, -0.15) is 4.31 Å². The highest BCUT2D eigenvalue weighted by Crippen LogP contribution is 2.18. The standard InChI is InChI=1S/C18H28N4O3S/c19-18(21-8-4-1-5-9-21)20-14-16-6-2-3-7-17(16)15-26(23,24)22-10-12-25-13-11-22/h2-3,6-7H,1,4-5,8-15H2,(H2,19,20). The van der Waals surface area contributed by atoms with Gasteiger partial charge in [-0.1, -0.05) is 24.3 Å². The molecule has 0 aliphatic carbocycles. The second-order valence-electron chi connectivity index (χ2n) is 6.76. The molecular weight excluding hydrogens is 352 g/mol. The molecule has 2 N–H and O–H groups in total. The van der Waals surface area contributed by atoms with Crippen molar-refractivity contribution >= 4 is 16.0 Å². The lowest BCUT2D eigenvalue weighted by atomic mass is 10.1. The van der Waals surface area contributed by atoms with Crippen molar-refractivity contribution in [1.82, 2.24) is 9.21 Å². The molecule has 0 spiro atoms. The van der Waals surface area contributed by atoms with Crippen LogP contribution in [0.5, 0.6) is 0 Å². The van der Waals surface area contributed by atoms with Gasteiger partial charge in [0.25, 0.3) is 0 Å². The molecule has 7 nitrogen and oxygen atoms in total. The number of likely N-dealkylation sites (tertiary alicyclic amines) is 1. The molecule has 2 heterocycles. The summed E-state index contributed by atoms with van der Waals surface area (Å²) in [6.45, 7) is 4.05. The van der Waals surface area contributed by atoms with Crippen LogP contribution in [-0.4, -0.2) is 63.0 Å². The van der Waals surface area contributed by atoms with Gasteiger partial charge in [0.1, 0.15) is 0 Å². The topological polar surface area (TPSA) is 88.2 Å². The fraction of sp³-hybridized carbons (Fsp3) is 0.611. The fourth-order valence-electron chi connectivity index (χ4n) is 3.35. The number of nitrogens with two attached hydrogens (primary N) is 1. The molecule has 26 heavy (non-hydrogen) atoms. The fourth-order valence-corrected chi connectivity index (χ4v) is 4.92. The highest BCUT2D eigenvalue weighted by atomic mass is 32.2. The van der Waals surface area contributed by atoms with E-state index in [0.717, 1.165) is 37.1 Å². The zero-order valence-electron chi connectivity index (χ0n) is 15.1. The largest absolute Gasteiger partial charge is 0.379 e. The Morgan fingerprint density at radius 3 is 2.38 bits per heavy atom. The first kappa shape index (κ1) is 19.1. The van der Waals surface area contributed by atoms with Crippen molar-refractivity contribution in [2.45, 2.75) is 31.6 Å². The van der Waals surface area contributed by atoms with Crippen LogP contribution in [0.2, 0.25) is 0 Å². The van der Waals surface area contributed by atoms with Crippen LogP contribution in [0.25, 0.3) is 0 Å². The Labute approximate surface area is 155 Å². The van der Waals surface area contributed by atoms with E-state index in [1.54, 1.807) is 0 Å². The summed E-state index contributed by atoms with van der Waals surface area (Å²) in [6, 6.07) is 7.56. The first-order chi connectivity index (χ1) is 12.6. The second kappa shape index (κ2) is 8.83. The summed E-state index contributed by atoms with van der Waals surface area (Å²) >= 11 is 0. The van der Waals surface area contributed by atoms with Gasteiger partial charge in [0.2, 0.25) is 10.0 Å². The van der Waals surface area contributed by atoms with E-state index in [4.69, 9.17) is 10.5 Å². The van der Waals surface area contributed by atoms with Crippen LogP contribution < -0.4 is 5.73 Å². The second-order valence-corrected chi connectivity index (χ2v) is 8.73. The number of rotatable bonds is 5. The SMILES string of the molecule is NC(=NCc1ccccc1CS(=O)(=O)N1CCOCC1)N1CCCCC1. The van der Waals surface area contributed by atoms with E-state index < -0.39 is 10.0 Å². The van der Waals surface area contributed by atoms with Crippen LogP contribution in [0.4, 0.5) is 0 Å². The van der Waals surface area contributed by atoms with Crippen LogP contribution in [-0.2, 0) is 27.1 Å². The molecule has 0 saturated carbocycles. The summed E-state index contributed by atoms with van der Waals surface area (Å²) < 4.78 is 32.2. The van der Waals surface area contributed by atoms with Gasteiger partial charge in [-0.05, 0) is 30.4 Å². The average Bonchev–Trinajstić information content (AvgIpc) is 2.68. The molecule has 3 rings (SSSR count). The predicted octanol–water partition coefficient (Wildman–Crippen LogP) is 1.15. The molecule has 2 aliphatic heterocycles. The van der Waals surface area contributed by atoms with E-state index in [2.05, 4.69) is 9.89 Å². The Morgan fingerprint density at radius 1 is 1.04 bits per heavy atom. The molecule has 144 valence electrons. The summed E-state index contributed by atoms with van der Waals surface area (Å²) in [5, 5.41) is 0. The number of morpholine rings is 1. The molecule has 0 atom stereocenters. The molecule has 0 radical (unpaired) electrons. The molecule has 2 aliphatic rings. The minimum atomic E-state index is -3.35. The van der Waals surface area contributed by atoms with Crippen molar-refractivity contribution < 1.29 is 13.2 Å². The molecule has 1 aromatic rings. The van der Waals surface area contributed by atoms with Gasteiger partial charge < -0.3 is 15.4 Å². The Balaban J connectivity index is 1.69. The molecule has 1 aromatic carbocycles. The van der Waals surface area contributed by atoms with Crippen molar-refractivity contribution in [3.63, 3.8) is 0 Å². The predicted molar refractivity (Wildman–Crippen MR) is 102 cm³/mol. The third kappa shape index (κ3) is 4.96. The average molecular weight is 381 g/mol. The van der Waals surface area contributed by atoms with Gasteiger partial charge in [-0.3, -0.25) is 0 Å². The zero-order valence-corrected chi connectivity index (χ0v) is 16.0. The maximum absolute atomic E-state index is 12.7. The molecule has 2 fully saturated rings. The van der Waals surface area contributed by atoms with Gasteiger partial charge in [0.15, 0.2) is 5.96 Å². The van der Waals surface area contributed by atoms with Crippen LogP contribution in [0.1, 0.15) is 30.4 Å². The van der Waals surface area contributed by atoms with Crippen molar-refractivity contribution in [2.24, 2.45) is 10.7 Å². The highest BCUT2D eigenvalue weighted by Gasteiger charge is 2.25. The number of sulfonamides is 1.